The minimum absolute atomic E-state index is 0.0699. The van der Waals surface area contributed by atoms with Crippen LogP contribution in [0.1, 0.15) is 70.4 Å². The standard InChI is InChI=1S/C42H53N5O4S/c1-41(2,3)37(45-38(49)33-22-21-29-17-13-14-20-32(29)43-33)40(51)44-34(25-28-15-9-7-10-16-28)36(48)27-47-24-23-31(52-30-18-11-8-12-19-30)26-35(47)39(50)46-42(4,5)6/h7-22,31,34-37,48H,23-27H2,1-6H3,(H,44,51)(H,45,49)(H,46,50)/t31-,34+,35+,36-,37?/m1/s1. The topological polar surface area (TPSA) is 124 Å². The van der Waals surface area contributed by atoms with Crippen molar-refractivity contribution in [1.82, 2.24) is 25.8 Å². The van der Waals surface area contributed by atoms with Gasteiger partial charge in [0.25, 0.3) is 5.91 Å². The third kappa shape index (κ3) is 10.9. The van der Waals surface area contributed by atoms with Crippen molar-refractivity contribution in [1.29, 1.82) is 0 Å². The quantitative estimate of drug-likeness (QED) is 0.141. The van der Waals surface area contributed by atoms with Crippen LogP contribution >= 0.6 is 11.8 Å². The number of nitrogens with one attached hydrogen (secondary N) is 3. The maximum Gasteiger partial charge on any atom is 0.270 e. The number of amides is 3. The van der Waals surface area contributed by atoms with E-state index in [1.807, 2.05) is 120 Å². The van der Waals surface area contributed by atoms with Crippen LogP contribution < -0.4 is 16.0 Å². The van der Waals surface area contributed by atoms with Crippen LogP contribution in [-0.4, -0.2) is 80.8 Å². The van der Waals surface area contributed by atoms with Crippen LogP contribution in [0.4, 0.5) is 0 Å². The zero-order valence-corrected chi connectivity index (χ0v) is 32.0. The zero-order chi connectivity index (χ0) is 37.5. The minimum Gasteiger partial charge on any atom is -0.390 e. The third-order valence-electron chi connectivity index (χ3n) is 9.26. The molecule has 0 aliphatic carbocycles. The van der Waals surface area contributed by atoms with E-state index in [0.717, 1.165) is 17.4 Å². The van der Waals surface area contributed by atoms with Crippen molar-refractivity contribution in [3.05, 3.63) is 108 Å². The molecule has 5 atom stereocenters. The summed E-state index contributed by atoms with van der Waals surface area (Å²) in [7, 11) is 0. The van der Waals surface area contributed by atoms with Crippen LogP contribution in [0, 0.1) is 5.41 Å². The van der Waals surface area contributed by atoms with Crippen molar-refractivity contribution in [2.45, 2.75) is 101 Å². The molecule has 1 aliphatic rings. The summed E-state index contributed by atoms with van der Waals surface area (Å²) in [6.07, 6.45) is 0.836. The summed E-state index contributed by atoms with van der Waals surface area (Å²) < 4.78 is 0. The monoisotopic (exact) mass is 723 g/mol. The molecule has 1 saturated heterocycles. The number of thioether (sulfide) groups is 1. The van der Waals surface area contributed by atoms with E-state index in [2.05, 4.69) is 38.0 Å². The molecule has 9 nitrogen and oxygen atoms in total. The number of hydrogen-bond donors (Lipinski definition) is 4. The largest absolute Gasteiger partial charge is 0.390 e. The molecule has 0 bridgehead atoms. The molecular weight excluding hydrogens is 671 g/mol. The molecule has 1 aliphatic heterocycles. The predicted octanol–water partition coefficient (Wildman–Crippen LogP) is 6.01. The number of fused-ring (bicyclic) bond motifs is 1. The summed E-state index contributed by atoms with van der Waals surface area (Å²) in [5, 5.41) is 22.3. The number of carbonyl (C=O) groups excluding carboxylic acids is 3. The summed E-state index contributed by atoms with van der Waals surface area (Å²) in [5.74, 6) is -0.925. The van der Waals surface area contributed by atoms with Crippen molar-refractivity contribution in [3.63, 3.8) is 0 Å². The van der Waals surface area contributed by atoms with Gasteiger partial charge in [-0.15, -0.1) is 11.8 Å². The van der Waals surface area contributed by atoms with E-state index in [9.17, 15) is 19.5 Å². The van der Waals surface area contributed by atoms with Crippen LogP contribution in [0.25, 0.3) is 10.9 Å². The number of likely N-dealkylation sites (tertiary alicyclic amines) is 1. The molecule has 3 aromatic carbocycles. The average molecular weight is 724 g/mol. The molecule has 2 heterocycles. The lowest BCUT2D eigenvalue weighted by atomic mass is 9.85. The summed E-state index contributed by atoms with van der Waals surface area (Å²) in [6, 6.07) is 28.9. The summed E-state index contributed by atoms with van der Waals surface area (Å²) in [4.78, 5) is 49.2. The molecule has 1 aromatic heterocycles. The van der Waals surface area contributed by atoms with Crippen LogP contribution in [0.15, 0.2) is 102 Å². The second kappa shape index (κ2) is 17.1. The van der Waals surface area contributed by atoms with Gasteiger partial charge < -0.3 is 21.1 Å². The lowest BCUT2D eigenvalue weighted by Gasteiger charge is -2.41. The van der Waals surface area contributed by atoms with Crippen LogP contribution in [0.2, 0.25) is 0 Å². The highest BCUT2D eigenvalue weighted by Crippen LogP contribution is 2.33. The van der Waals surface area contributed by atoms with Gasteiger partial charge in [0.15, 0.2) is 0 Å². The summed E-state index contributed by atoms with van der Waals surface area (Å²) in [5.41, 5.74) is 0.779. The highest BCUT2D eigenvalue weighted by molar-refractivity contribution is 8.00. The molecule has 4 aromatic rings. The molecule has 52 heavy (non-hydrogen) atoms. The van der Waals surface area contributed by atoms with Gasteiger partial charge in [0, 0.05) is 34.2 Å². The fourth-order valence-corrected chi connectivity index (χ4v) is 7.78. The minimum atomic E-state index is -1.01. The van der Waals surface area contributed by atoms with Crippen LogP contribution in [0.5, 0.6) is 0 Å². The van der Waals surface area contributed by atoms with Crippen molar-refractivity contribution < 1.29 is 19.5 Å². The Kier molecular flexibility index (Phi) is 12.8. The Morgan fingerprint density at radius 1 is 0.865 bits per heavy atom. The van der Waals surface area contributed by atoms with Crippen molar-refractivity contribution in [2.24, 2.45) is 5.41 Å². The van der Waals surface area contributed by atoms with Gasteiger partial charge in [0.1, 0.15) is 11.7 Å². The van der Waals surface area contributed by atoms with Gasteiger partial charge in [-0.2, -0.15) is 0 Å². The van der Waals surface area contributed by atoms with Gasteiger partial charge in [0.2, 0.25) is 11.8 Å². The highest BCUT2D eigenvalue weighted by Gasteiger charge is 2.39. The first-order valence-electron chi connectivity index (χ1n) is 18.1. The van der Waals surface area contributed by atoms with E-state index >= 15 is 0 Å². The SMILES string of the molecule is CC(C)(C)NC(=O)[C@@H]1C[C@H](Sc2ccccc2)CCN1C[C@@H](O)[C@H](Cc1ccccc1)NC(=O)C(NC(=O)c1ccc2ccccc2n1)C(C)(C)C. The summed E-state index contributed by atoms with van der Waals surface area (Å²) in [6.45, 7) is 12.4. The maximum atomic E-state index is 14.2. The molecule has 10 heteroatoms. The van der Waals surface area contributed by atoms with Crippen molar-refractivity contribution in [2.75, 3.05) is 13.1 Å². The number of aromatic nitrogens is 1. The molecule has 0 saturated carbocycles. The predicted molar refractivity (Wildman–Crippen MR) is 209 cm³/mol. The van der Waals surface area contributed by atoms with Crippen molar-refractivity contribution in [3.8, 4) is 0 Å². The Labute approximate surface area is 312 Å². The molecule has 1 unspecified atom stereocenters. The molecule has 5 rings (SSSR count). The Morgan fingerprint density at radius 3 is 2.19 bits per heavy atom. The van der Waals surface area contributed by atoms with E-state index in [1.165, 1.54) is 4.90 Å². The second-order valence-corrected chi connectivity index (χ2v) is 17.2. The van der Waals surface area contributed by atoms with Gasteiger partial charge in [-0.25, -0.2) is 4.98 Å². The second-order valence-electron chi connectivity index (χ2n) is 15.9. The van der Waals surface area contributed by atoms with E-state index in [-0.39, 0.29) is 23.4 Å². The smallest absolute Gasteiger partial charge is 0.270 e. The normalized spacial score (nSPS) is 18.6. The van der Waals surface area contributed by atoms with Crippen molar-refractivity contribution >= 4 is 40.4 Å². The number of β-amino-alcohol motifs (C(OH)–C–C–N with tert-alkyl or cyclic N) is 1. The lowest BCUT2D eigenvalue weighted by molar-refractivity contribution is -0.131. The molecule has 4 N–H and O–H groups in total. The first-order valence-corrected chi connectivity index (χ1v) is 19.0. The van der Waals surface area contributed by atoms with Gasteiger partial charge in [0.05, 0.1) is 23.7 Å². The number of para-hydroxylation sites is 1. The Bertz CT molecular complexity index is 1810. The van der Waals surface area contributed by atoms with Crippen LogP contribution in [-0.2, 0) is 16.0 Å². The van der Waals surface area contributed by atoms with Gasteiger partial charge in [-0.1, -0.05) is 93.6 Å². The number of piperidine rings is 1. The fourth-order valence-electron chi connectivity index (χ4n) is 6.58. The zero-order valence-electron chi connectivity index (χ0n) is 31.1. The van der Waals surface area contributed by atoms with Gasteiger partial charge in [-0.05, 0) is 75.3 Å². The average Bonchev–Trinajstić information content (AvgIpc) is 3.10. The van der Waals surface area contributed by atoms with E-state index in [1.54, 1.807) is 17.8 Å². The molecule has 276 valence electrons. The number of aliphatic hydroxyl groups excluding tert-OH is 1. The van der Waals surface area contributed by atoms with E-state index in [0.29, 0.717) is 24.9 Å². The van der Waals surface area contributed by atoms with E-state index < -0.39 is 47.0 Å². The number of benzene rings is 3. The first kappa shape index (κ1) is 39.0. The van der Waals surface area contributed by atoms with E-state index in [4.69, 9.17) is 0 Å². The Hall–Kier alpha value is -4.25. The Balaban J connectivity index is 1.35. The molecular formula is C42H53N5O4S. The number of aliphatic hydroxyl groups is 1. The lowest BCUT2D eigenvalue weighted by Crippen LogP contribution is -2.61. The molecule has 0 radical (unpaired) electrons. The first-order chi connectivity index (χ1) is 24.7. The number of carbonyl (C=O) groups is 3. The molecule has 3 amide bonds. The number of rotatable bonds is 12. The number of pyridine rings is 1. The summed E-state index contributed by atoms with van der Waals surface area (Å²) >= 11 is 1.78. The Morgan fingerprint density at radius 2 is 1.52 bits per heavy atom. The highest BCUT2D eigenvalue weighted by atomic mass is 32.2. The van der Waals surface area contributed by atoms with Gasteiger partial charge in [-0.3, -0.25) is 19.3 Å². The fraction of sp³-hybridized carbons (Fsp3) is 0.429. The molecule has 1 fully saturated rings. The third-order valence-corrected chi connectivity index (χ3v) is 10.6. The maximum absolute atomic E-state index is 14.2. The van der Waals surface area contributed by atoms with Crippen LogP contribution in [0.3, 0.4) is 0 Å². The van der Waals surface area contributed by atoms with Gasteiger partial charge >= 0.3 is 0 Å². The number of hydrogen-bond acceptors (Lipinski definition) is 7. The number of nitrogens with zero attached hydrogens (tertiary/aromatic N) is 2. The molecule has 0 spiro atoms.